The number of hydrogen-bond acceptors (Lipinski definition) is 3. The second-order valence-electron chi connectivity index (χ2n) is 6.20. The Morgan fingerprint density at radius 1 is 1.41 bits per heavy atom. The number of ether oxygens (including phenoxy) is 1. The van der Waals surface area contributed by atoms with Crippen LogP contribution in [0.5, 0.6) is 5.75 Å². The van der Waals surface area contributed by atoms with Crippen molar-refractivity contribution in [2.45, 2.75) is 38.2 Å². The van der Waals surface area contributed by atoms with Crippen LogP contribution < -0.4 is 4.74 Å². The van der Waals surface area contributed by atoms with Crippen LogP contribution in [0.25, 0.3) is 6.08 Å². The SMILES string of the molecule is COc1ccc(C)cc1/C=C/C(=O)N(C)CC1(O)CCCC1. The molecule has 0 bridgehead atoms. The summed E-state index contributed by atoms with van der Waals surface area (Å²) in [6.45, 7) is 2.39. The number of methoxy groups -OCH3 is 1. The van der Waals surface area contributed by atoms with Gasteiger partial charge in [-0.2, -0.15) is 0 Å². The molecule has 1 N–H and O–H groups in total. The van der Waals surface area contributed by atoms with Gasteiger partial charge in [-0.3, -0.25) is 4.79 Å². The first-order chi connectivity index (χ1) is 10.4. The predicted octanol–water partition coefficient (Wildman–Crippen LogP) is 2.78. The van der Waals surface area contributed by atoms with E-state index in [9.17, 15) is 9.90 Å². The summed E-state index contributed by atoms with van der Waals surface area (Å²) in [6, 6.07) is 5.84. The van der Waals surface area contributed by atoms with Crippen LogP contribution >= 0.6 is 0 Å². The molecule has 0 atom stereocenters. The highest BCUT2D eigenvalue weighted by Crippen LogP contribution is 2.30. The molecule has 1 aliphatic rings. The third-order valence-corrected chi connectivity index (χ3v) is 4.23. The highest BCUT2D eigenvalue weighted by Gasteiger charge is 2.32. The van der Waals surface area contributed by atoms with Crippen molar-refractivity contribution >= 4 is 12.0 Å². The van der Waals surface area contributed by atoms with Crippen molar-refractivity contribution in [3.63, 3.8) is 0 Å². The molecule has 0 aromatic heterocycles. The Labute approximate surface area is 132 Å². The lowest BCUT2D eigenvalue weighted by molar-refractivity contribution is -0.127. The summed E-state index contributed by atoms with van der Waals surface area (Å²) in [5.41, 5.74) is 1.28. The summed E-state index contributed by atoms with van der Waals surface area (Å²) in [5.74, 6) is 0.635. The number of amides is 1. The number of carbonyl (C=O) groups is 1. The fourth-order valence-corrected chi connectivity index (χ4v) is 2.98. The Hall–Kier alpha value is -1.81. The van der Waals surface area contributed by atoms with Gasteiger partial charge in [-0.1, -0.05) is 24.5 Å². The number of aryl methyl sites for hydroxylation is 1. The van der Waals surface area contributed by atoms with Gasteiger partial charge in [-0.15, -0.1) is 0 Å². The number of likely N-dealkylation sites (N-methyl/N-ethyl adjacent to an activating group) is 1. The van der Waals surface area contributed by atoms with Gasteiger partial charge in [0.2, 0.25) is 5.91 Å². The monoisotopic (exact) mass is 303 g/mol. The van der Waals surface area contributed by atoms with E-state index in [0.29, 0.717) is 6.54 Å². The smallest absolute Gasteiger partial charge is 0.246 e. The van der Waals surface area contributed by atoms with Gasteiger partial charge in [-0.25, -0.2) is 0 Å². The van der Waals surface area contributed by atoms with Crippen LogP contribution in [0, 0.1) is 6.92 Å². The third-order valence-electron chi connectivity index (χ3n) is 4.23. The van der Waals surface area contributed by atoms with E-state index >= 15 is 0 Å². The lowest BCUT2D eigenvalue weighted by Gasteiger charge is -2.27. The quantitative estimate of drug-likeness (QED) is 0.851. The number of rotatable bonds is 5. The summed E-state index contributed by atoms with van der Waals surface area (Å²) in [6.07, 6.45) is 6.93. The lowest BCUT2D eigenvalue weighted by atomic mass is 10.0. The first kappa shape index (κ1) is 16.6. The Morgan fingerprint density at radius 3 is 2.73 bits per heavy atom. The zero-order valence-corrected chi connectivity index (χ0v) is 13.6. The van der Waals surface area contributed by atoms with E-state index in [1.165, 1.54) is 6.08 Å². The topological polar surface area (TPSA) is 49.8 Å². The molecule has 1 fully saturated rings. The Balaban J connectivity index is 2.03. The Bertz CT molecular complexity index is 559. The van der Waals surface area contributed by atoms with Crippen molar-refractivity contribution in [3.8, 4) is 5.75 Å². The van der Waals surface area contributed by atoms with Crippen LogP contribution in [0.15, 0.2) is 24.3 Å². The average Bonchev–Trinajstić information content (AvgIpc) is 2.91. The molecule has 0 saturated heterocycles. The Kier molecular flexibility index (Phi) is 5.24. The number of hydrogen-bond donors (Lipinski definition) is 1. The number of aliphatic hydroxyl groups is 1. The van der Waals surface area contributed by atoms with Gasteiger partial charge >= 0.3 is 0 Å². The summed E-state index contributed by atoms with van der Waals surface area (Å²) in [7, 11) is 3.35. The van der Waals surface area contributed by atoms with E-state index in [1.807, 2.05) is 25.1 Å². The summed E-state index contributed by atoms with van der Waals surface area (Å²) in [5, 5.41) is 10.4. The second-order valence-corrected chi connectivity index (χ2v) is 6.20. The average molecular weight is 303 g/mol. The number of carbonyl (C=O) groups excluding carboxylic acids is 1. The van der Waals surface area contributed by atoms with E-state index in [1.54, 1.807) is 25.1 Å². The molecule has 1 aromatic rings. The maximum Gasteiger partial charge on any atom is 0.246 e. The van der Waals surface area contributed by atoms with E-state index in [0.717, 1.165) is 42.6 Å². The van der Waals surface area contributed by atoms with Crippen molar-refractivity contribution in [2.24, 2.45) is 0 Å². The minimum atomic E-state index is -0.709. The molecule has 1 amide bonds. The van der Waals surface area contributed by atoms with Crippen LogP contribution in [0.4, 0.5) is 0 Å². The third kappa shape index (κ3) is 4.10. The van der Waals surface area contributed by atoms with Crippen LogP contribution in [0.1, 0.15) is 36.8 Å². The van der Waals surface area contributed by atoms with Crippen molar-refractivity contribution in [2.75, 3.05) is 20.7 Å². The van der Waals surface area contributed by atoms with Crippen molar-refractivity contribution in [1.82, 2.24) is 4.90 Å². The number of nitrogens with zero attached hydrogens (tertiary/aromatic N) is 1. The van der Waals surface area contributed by atoms with Gasteiger partial charge in [0.25, 0.3) is 0 Å². The standard InChI is InChI=1S/C18H25NO3/c1-14-6-8-16(22-3)15(12-14)7-9-17(20)19(2)13-18(21)10-4-5-11-18/h6-9,12,21H,4-5,10-11,13H2,1-3H3/b9-7+. The maximum absolute atomic E-state index is 12.2. The molecule has 1 aromatic carbocycles. The highest BCUT2D eigenvalue weighted by atomic mass is 16.5. The van der Waals surface area contributed by atoms with E-state index in [4.69, 9.17) is 4.74 Å². The fraction of sp³-hybridized carbons (Fsp3) is 0.500. The largest absolute Gasteiger partial charge is 0.496 e. The fourth-order valence-electron chi connectivity index (χ4n) is 2.98. The summed E-state index contributed by atoms with van der Waals surface area (Å²) in [4.78, 5) is 13.8. The zero-order valence-electron chi connectivity index (χ0n) is 13.6. The van der Waals surface area contributed by atoms with Crippen LogP contribution in [0.3, 0.4) is 0 Å². The van der Waals surface area contributed by atoms with Gasteiger partial charge in [0, 0.05) is 25.2 Å². The van der Waals surface area contributed by atoms with Gasteiger partial charge in [0.05, 0.1) is 12.7 Å². The first-order valence-electron chi connectivity index (χ1n) is 7.74. The van der Waals surface area contributed by atoms with Crippen molar-refractivity contribution in [3.05, 3.63) is 35.4 Å². The van der Waals surface area contributed by atoms with Crippen molar-refractivity contribution in [1.29, 1.82) is 0 Å². The highest BCUT2D eigenvalue weighted by molar-refractivity contribution is 5.92. The molecule has 0 aliphatic heterocycles. The normalized spacial score (nSPS) is 16.9. The van der Waals surface area contributed by atoms with Crippen LogP contribution in [-0.2, 0) is 4.79 Å². The second kappa shape index (κ2) is 6.97. The minimum Gasteiger partial charge on any atom is -0.496 e. The molecule has 1 aliphatic carbocycles. The molecule has 0 radical (unpaired) electrons. The first-order valence-corrected chi connectivity index (χ1v) is 7.74. The van der Waals surface area contributed by atoms with Gasteiger partial charge < -0.3 is 14.7 Å². The molecular weight excluding hydrogens is 278 g/mol. The summed E-state index contributed by atoms with van der Waals surface area (Å²) < 4.78 is 5.30. The van der Waals surface area contributed by atoms with Crippen LogP contribution in [0.2, 0.25) is 0 Å². The zero-order chi connectivity index (χ0) is 16.2. The van der Waals surface area contributed by atoms with E-state index in [2.05, 4.69) is 0 Å². The maximum atomic E-state index is 12.2. The molecule has 1 saturated carbocycles. The van der Waals surface area contributed by atoms with Gasteiger partial charge in [0.1, 0.15) is 5.75 Å². The van der Waals surface area contributed by atoms with Gasteiger partial charge in [0.15, 0.2) is 0 Å². The van der Waals surface area contributed by atoms with E-state index in [-0.39, 0.29) is 5.91 Å². The molecule has 22 heavy (non-hydrogen) atoms. The molecule has 4 heteroatoms. The molecular formula is C18H25NO3. The molecule has 120 valence electrons. The molecule has 2 rings (SSSR count). The van der Waals surface area contributed by atoms with Crippen molar-refractivity contribution < 1.29 is 14.6 Å². The Morgan fingerprint density at radius 2 is 2.09 bits per heavy atom. The summed E-state index contributed by atoms with van der Waals surface area (Å²) >= 11 is 0. The number of benzene rings is 1. The lowest BCUT2D eigenvalue weighted by Crippen LogP contribution is -2.41. The molecule has 0 unspecified atom stereocenters. The molecule has 0 spiro atoms. The van der Waals surface area contributed by atoms with Gasteiger partial charge in [-0.05, 0) is 38.0 Å². The van der Waals surface area contributed by atoms with E-state index < -0.39 is 5.60 Å². The predicted molar refractivity (Wildman–Crippen MR) is 87.8 cm³/mol. The molecule has 0 heterocycles. The van der Waals surface area contributed by atoms with Crippen LogP contribution in [-0.4, -0.2) is 42.2 Å². The minimum absolute atomic E-state index is 0.108. The molecule has 4 nitrogen and oxygen atoms in total.